The minimum atomic E-state index is -3.52. The second kappa shape index (κ2) is 9.30. The summed E-state index contributed by atoms with van der Waals surface area (Å²) in [7, 11) is -3.52. The number of hydrogen-bond donors (Lipinski definition) is 1. The Morgan fingerprint density at radius 1 is 1.00 bits per heavy atom. The molecule has 3 rings (SSSR count). The Balaban J connectivity index is 1.59. The number of nitrogens with zero attached hydrogens (tertiary/aromatic N) is 1. The monoisotopic (exact) mass is 404 g/mol. The second-order valence-corrected chi connectivity index (χ2v) is 8.92. The third-order valence-electron chi connectivity index (χ3n) is 4.91. The molecule has 0 spiro atoms. The van der Waals surface area contributed by atoms with Gasteiger partial charge >= 0.3 is 0 Å². The van der Waals surface area contributed by atoms with Gasteiger partial charge in [-0.25, -0.2) is 12.8 Å². The molecule has 0 bridgehead atoms. The van der Waals surface area contributed by atoms with Crippen LogP contribution in [-0.2, 0) is 16.4 Å². The van der Waals surface area contributed by atoms with Crippen molar-refractivity contribution in [1.29, 1.82) is 0 Å². The molecule has 2 aromatic carbocycles. The summed E-state index contributed by atoms with van der Waals surface area (Å²) >= 11 is 0. The topological polar surface area (TPSA) is 66.5 Å². The Kier molecular flexibility index (Phi) is 6.80. The lowest BCUT2D eigenvalue weighted by molar-refractivity contribution is 0.0954. The van der Waals surface area contributed by atoms with Gasteiger partial charge in [-0.3, -0.25) is 4.79 Å². The minimum absolute atomic E-state index is 0.214. The fourth-order valence-corrected chi connectivity index (χ4v) is 4.84. The highest BCUT2D eigenvalue weighted by molar-refractivity contribution is 7.89. The highest BCUT2D eigenvalue weighted by Gasteiger charge is 2.25. The van der Waals surface area contributed by atoms with Crippen LogP contribution in [0.3, 0.4) is 0 Å². The normalized spacial score (nSPS) is 15.8. The highest BCUT2D eigenvalue weighted by atomic mass is 32.2. The molecule has 1 aliphatic heterocycles. The number of carbonyl (C=O) groups excluding carboxylic acids is 1. The van der Waals surface area contributed by atoms with Crippen LogP contribution in [0.25, 0.3) is 0 Å². The molecule has 150 valence electrons. The van der Waals surface area contributed by atoms with Crippen LogP contribution in [0.5, 0.6) is 0 Å². The van der Waals surface area contributed by atoms with E-state index in [0.29, 0.717) is 31.6 Å². The molecule has 5 nitrogen and oxygen atoms in total. The zero-order chi connectivity index (χ0) is 20.0. The van der Waals surface area contributed by atoms with Gasteiger partial charge in [0, 0.05) is 25.2 Å². The van der Waals surface area contributed by atoms with E-state index in [1.807, 2.05) is 0 Å². The van der Waals surface area contributed by atoms with Crippen molar-refractivity contribution in [3.8, 4) is 0 Å². The highest BCUT2D eigenvalue weighted by Crippen LogP contribution is 2.20. The number of halogens is 1. The van der Waals surface area contributed by atoms with Gasteiger partial charge in [-0.05, 0) is 61.2 Å². The van der Waals surface area contributed by atoms with Gasteiger partial charge in [0.05, 0.1) is 4.90 Å². The predicted octanol–water partition coefficient (Wildman–Crippen LogP) is 3.36. The van der Waals surface area contributed by atoms with Crippen LogP contribution >= 0.6 is 0 Å². The van der Waals surface area contributed by atoms with Crippen LogP contribution in [0, 0.1) is 5.82 Å². The molecule has 0 aliphatic carbocycles. The molecule has 7 heteroatoms. The number of sulfonamides is 1. The molecule has 1 fully saturated rings. The zero-order valence-electron chi connectivity index (χ0n) is 15.7. The summed E-state index contributed by atoms with van der Waals surface area (Å²) < 4.78 is 40.2. The third kappa shape index (κ3) is 5.17. The fraction of sp³-hybridized carbons (Fsp3) is 0.381. The molecule has 1 N–H and O–H groups in total. The Hall–Kier alpha value is -2.25. The van der Waals surface area contributed by atoms with Gasteiger partial charge in [-0.2, -0.15) is 4.31 Å². The standard InChI is InChI=1S/C21H25FN2O3S/c22-19-7-5-6-17(16-19)12-13-23-21(25)18-8-10-20(11-9-18)28(26,27)24-14-3-1-2-4-15-24/h5-11,16H,1-4,12-15H2,(H,23,25). The first-order valence-electron chi connectivity index (χ1n) is 9.60. The lowest BCUT2D eigenvalue weighted by Gasteiger charge is -2.20. The van der Waals surface area contributed by atoms with Crippen molar-refractivity contribution >= 4 is 15.9 Å². The molecule has 1 amide bonds. The summed E-state index contributed by atoms with van der Waals surface area (Å²) in [6.07, 6.45) is 4.39. The quantitative estimate of drug-likeness (QED) is 0.803. The lowest BCUT2D eigenvalue weighted by Crippen LogP contribution is -2.32. The minimum Gasteiger partial charge on any atom is -0.352 e. The largest absolute Gasteiger partial charge is 0.352 e. The molecule has 2 aromatic rings. The van der Waals surface area contributed by atoms with E-state index in [0.717, 1.165) is 31.2 Å². The van der Waals surface area contributed by atoms with Crippen LogP contribution in [0.2, 0.25) is 0 Å². The number of amides is 1. The Morgan fingerprint density at radius 2 is 1.68 bits per heavy atom. The molecule has 1 heterocycles. The molecule has 0 atom stereocenters. The van der Waals surface area contributed by atoms with Crippen LogP contribution in [0.4, 0.5) is 4.39 Å². The number of carbonyl (C=O) groups is 1. The van der Waals surface area contributed by atoms with Crippen molar-refractivity contribution in [2.24, 2.45) is 0 Å². The molecular weight excluding hydrogens is 379 g/mol. The van der Waals surface area contributed by atoms with Gasteiger partial charge < -0.3 is 5.32 Å². The van der Waals surface area contributed by atoms with Gasteiger partial charge in [-0.15, -0.1) is 0 Å². The number of hydrogen-bond acceptors (Lipinski definition) is 3. The fourth-order valence-electron chi connectivity index (χ4n) is 3.32. The smallest absolute Gasteiger partial charge is 0.251 e. The molecule has 0 radical (unpaired) electrons. The van der Waals surface area contributed by atoms with Crippen LogP contribution in [-0.4, -0.2) is 38.3 Å². The van der Waals surface area contributed by atoms with Crippen molar-refractivity contribution < 1.29 is 17.6 Å². The van der Waals surface area contributed by atoms with Gasteiger partial charge in [0.1, 0.15) is 5.82 Å². The lowest BCUT2D eigenvalue weighted by atomic mass is 10.1. The van der Waals surface area contributed by atoms with Crippen molar-refractivity contribution in [2.75, 3.05) is 19.6 Å². The Morgan fingerprint density at radius 3 is 2.32 bits per heavy atom. The first-order chi connectivity index (χ1) is 13.5. The summed E-state index contributed by atoms with van der Waals surface area (Å²) in [5.74, 6) is -0.583. The maximum atomic E-state index is 13.2. The summed E-state index contributed by atoms with van der Waals surface area (Å²) in [5, 5.41) is 2.78. The number of benzene rings is 2. The average Bonchev–Trinajstić information content (AvgIpc) is 2.98. The van der Waals surface area contributed by atoms with E-state index in [9.17, 15) is 17.6 Å². The third-order valence-corrected chi connectivity index (χ3v) is 6.82. The average molecular weight is 405 g/mol. The molecule has 0 unspecified atom stereocenters. The maximum Gasteiger partial charge on any atom is 0.251 e. The van der Waals surface area contributed by atoms with Crippen LogP contribution < -0.4 is 5.32 Å². The van der Waals surface area contributed by atoms with Crippen LogP contribution in [0.15, 0.2) is 53.4 Å². The summed E-state index contributed by atoms with van der Waals surface area (Å²) in [6, 6.07) is 12.3. The first kappa shape index (κ1) is 20.5. The number of rotatable bonds is 6. The van der Waals surface area contributed by atoms with E-state index in [1.165, 1.54) is 40.7 Å². The van der Waals surface area contributed by atoms with E-state index in [2.05, 4.69) is 5.32 Å². The van der Waals surface area contributed by atoms with Gasteiger partial charge in [0.25, 0.3) is 5.91 Å². The molecular formula is C21H25FN2O3S. The van der Waals surface area contributed by atoms with E-state index >= 15 is 0 Å². The van der Waals surface area contributed by atoms with Crippen LogP contribution in [0.1, 0.15) is 41.6 Å². The molecule has 28 heavy (non-hydrogen) atoms. The van der Waals surface area contributed by atoms with Gasteiger partial charge in [0.2, 0.25) is 10.0 Å². The Labute approximate surface area is 165 Å². The predicted molar refractivity (Wildman–Crippen MR) is 106 cm³/mol. The van der Waals surface area contributed by atoms with Crippen molar-refractivity contribution in [3.63, 3.8) is 0 Å². The van der Waals surface area contributed by atoms with E-state index in [1.54, 1.807) is 12.1 Å². The molecule has 0 aromatic heterocycles. The van der Waals surface area contributed by atoms with E-state index in [4.69, 9.17) is 0 Å². The SMILES string of the molecule is O=C(NCCc1cccc(F)c1)c1ccc(S(=O)(=O)N2CCCCCC2)cc1. The summed E-state index contributed by atoms with van der Waals surface area (Å²) in [4.78, 5) is 12.5. The first-order valence-corrected chi connectivity index (χ1v) is 11.0. The maximum absolute atomic E-state index is 13.2. The molecule has 1 aliphatic rings. The van der Waals surface area contributed by atoms with Crippen molar-refractivity contribution in [2.45, 2.75) is 37.0 Å². The molecule has 0 saturated carbocycles. The molecule has 1 saturated heterocycles. The second-order valence-electron chi connectivity index (χ2n) is 6.98. The van der Waals surface area contributed by atoms with E-state index in [-0.39, 0.29) is 16.6 Å². The zero-order valence-corrected chi connectivity index (χ0v) is 16.6. The summed E-state index contributed by atoms with van der Waals surface area (Å²) in [6.45, 7) is 1.46. The Bertz CT molecular complexity index is 906. The van der Waals surface area contributed by atoms with Crippen molar-refractivity contribution in [3.05, 3.63) is 65.5 Å². The number of nitrogens with one attached hydrogen (secondary N) is 1. The van der Waals surface area contributed by atoms with Gasteiger partial charge in [-0.1, -0.05) is 25.0 Å². The van der Waals surface area contributed by atoms with E-state index < -0.39 is 10.0 Å². The van der Waals surface area contributed by atoms with Gasteiger partial charge in [0.15, 0.2) is 0 Å². The summed E-state index contributed by atoms with van der Waals surface area (Å²) in [5.41, 5.74) is 1.20. The van der Waals surface area contributed by atoms with Crippen molar-refractivity contribution in [1.82, 2.24) is 9.62 Å².